The number of fused-ring (bicyclic) bond motifs is 10. The average molecular weight is 583 g/mol. The van der Waals surface area contributed by atoms with E-state index in [0.717, 1.165) is 21.8 Å². The number of benzene rings is 7. The average Bonchev–Trinajstić information content (AvgIpc) is 3.74. The summed E-state index contributed by atoms with van der Waals surface area (Å²) in [6, 6.07) is 48.8. The van der Waals surface area contributed by atoms with Crippen LogP contribution in [0, 0.1) is 0 Å². The van der Waals surface area contributed by atoms with Gasteiger partial charge in [-0.25, -0.2) is 4.98 Å². The zero-order valence-corrected chi connectivity index (χ0v) is 24.5. The number of thiophene rings is 1. The van der Waals surface area contributed by atoms with Gasteiger partial charge in [-0.15, -0.1) is 22.7 Å². The quantitative estimate of drug-likeness (QED) is 0.198. The third-order valence-corrected chi connectivity index (χ3v) is 11.0. The van der Waals surface area contributed by atoms with E-state index in [0.29, 0.717) is 0 Å². The molecule has 0 radical (unpaired) electrons. The highest BCUT2D eigenvalue weighted by Crippen LogP contribution is 2.42. The number of hydrogen-bond acceptors (Lipinski definition) is 3. The molecule has 10 aromatic rings. The Balaban J connectivity index is 1.17. The molecule has 0 amide bonds. The number of thiazole rings is 1. The molecule has 43 heavy (non-hydrogen) atoms. The van der Waals surface area contributed by atoms with Crippen molar-refractivity contribution in [3.05, 3.63) is 133 Å². The lowest BCUT2D eigenvalue weighted by atomic mass is 10.0. The molecule has 0 bridgehead atoms. The van der Waals surface area contributed by atoms with Crippen molar-refractivity contribution in [2.75, 3.05) is 0 Å². The van der Waals surface area contributed by atoms with Crippen molar-refractivity contribution in [1.29, 1.82) is 0 Å². The standard InChI is InChI=1S/C39H22N2S2/c1-3-9-26-21-32-30(19-24(26)7-1)31-20-25-8-2-4-10-27(25)22-33(31)41(32)28-15-13-23(14-16-28)39-40-38-36(43-39)18-17-35-37(38)29-11-5-6-12-34(29)42-35/h1-22H. The maximum absolute atomic E-state index is 5.21. The van der Waals surface area contributed by atoms with E-state index in [1.807, 2.05) is 11.3 Å². The van der Waals surface area contributed by atoms with Gasteiger partial charge in [-0.1, -0.05) is 66.7 Å². The highest BCUT2D eigenvalue weighted by molar-refractivity contribution is 7.26. The maximum atomic E-state index is 5.21. The van der Waals surface area contributed by atoms with Crippen LogP contribution in [0.5, 0.6) is 0 Å². The van der Waals surface area contributed by atoms with Gasteiger partial charge in [0.1, 0.15) is 5.01 Å². The second-order valence-corrected chi connectivity index (χ2v) is 13.3. The van der Waals surface area contributed by atoms with Gasteiger partial charge in [-0.05, 0) is 88.3 Å². The van der Waals surface area contributed by atoms with Crippen LogP contribution in [-0.4, -0.2) is 9.55 Å². The van der Waals surface area contributed by atoms with E-state index in [1.54, 1.807) is 11.3 Å². The Morgan fingerprint density at radius 3 is 1.72 bits per heavy atom. The van der Waals surface area contributed by atoms with E-state index in [4.69, 9.17) is 4.98 Å². The van der Waals surface area contributed by atoms with E-state index in [2.05, 4.69) is 138 Å². The Hall–Kier alpha value is -5.03. The molecule has 2 nitrogen and oxygen atoms in total. The number of hydrogen-bond donors (Lipinski definition) is 0. The molecule has 3 heterocycles. The molecule has 3 aromatic heterocycles. The molecule has 4 heteroatoms. The lowest BCUT2D eigenvalue weighted by Gasteiger charge is -2.10. The molecule has 0 N–H and O–H groups in total. The SMILES string of the molecule is c1ccc2cc3c(cc2c1)c1cc2ccccc2cc1n3-c1ccc(-c2nc3c(ccc4sc5ccccc5c43)s2)cc1. The van der Waals surface area contributed by atoms with Gasteiger partial charge in [0.15, 0.2) is 0 Å². The summed E-state index contributed by atoms with van der Waals surface area (Å²) in [6.07, 6.45) is 0. The van der Waals surface area contributed by atoms with Crippen molar-refractivity contribution in [2.45, 2.75) is 0 Å². The number of nitrogens with zero attached hydrogens (tertiary/aromatic N) is 2. The molecule has 10 rings (SSSR count). The minimum atomic E-state index is 1.06. The van der Waals surface area contributed by atoms with Gasteiger partial charge in [0.05, 0.1) is 21.3 Å². The number of aromatic nitrogens is 2. The van der Waals surface area contributed by atoms with Gasteiger partial charge < -0.3 is 4.57 Å². The summed E-state index contributed by atoms with van der Waals surface area (Å²) >= 11 is 3.62. The van der Waals surface area contributed by atoms with E-state index in [9.17, 15) is 0 Å². The summed E-state index contributed by atoms with van der Waals surface area (Å²) in [6.45, 7) is 0. The molecule has 200 valence electrons. The van der Waals surface area contributed by atoms with Crippen molar-refractivity contribution >= 4 is 96.4 Å². The van der Waals surface area contributed by atoms with Crippen LogP contribution >= 0.6 is 22.7 Å². The van der Waals surface area contributed by atoms with Crippen LogP contribution in [0.3, 0.4) is 0 Å². The first kappa shape index (κ1) is 23.5. The molecule has 0 saturated heterocycles. The van der Waals surface area contributed by atoms with Crippen LogP contribution in [0.1, 0.15) is 0 Å². The first-order chi connectivity index (χ1) is 21.3. The molecule has 0 aliphatic heterocycles. The van der Waals surface area contributed by atoms with E-state index in [-0.39, 0.29) is 0 Å². The fraction of sp³-hybridized carbons (Fsp3) is 0. The Labute approximate surface area is 254 Å². The second-order valence-electron chi connectivity index (χ2n) is 11.2. The zero-order chi connectivity index (χ0) is 28.1. The minimum Gasteiger partial charge on any atom is -0.309 e. The van der Waals surface area contributed by atoms with Crippen molar-refractivity contribution in [2.24, 2.45) is 0 Å². The fourth-order valence-corrected chi connectivity index (χ4v) is 8.83. The van der Waals surface area contributed by atoms with Gasteiger partial charge >= 0.3 is 0 Å². The molecular formula is C39H22N2S2. The first-order valence-electron chi connectivity index (χ1n) is 14.5. The van der Waals surface area contributed by atoms with Crippen LogP contribution in [0.25, 0.3) is 90.0 Å². The molecule has 0 spiro atoms. The summed E-state index contributed by atoms with van der Waals surface area (Å²) in [5.74, 6) is 0. The highest BCUT2D eigenvalue weighted by atomic mass is 32.1. The van der Waals surface area contributed by atoms with Gasteiger partial charge in [-0.3, -0.25) is 0 Å². The molecule has 0 fully saturated rings. The Morgan fingerprint density at radius 1 is 0.465 bits per heavy atom. The van der Waals surface area contributed by atoms with E-state index in [1.165, 1.54) is 68.2 Å². The molecular weight excluding hydrogens is 561 g/mol. The minimum absolute atomic E-state index is 1.06. The third kappa shape index (κ3) is 3.42. The predicted molar refractivity (Wildman–Crippen MR) is 187 cm³/mol. The zero-order valence-electron chi connectivity index (χ0n) is 22.9. The van der Waals surface area contributed by atoms with Crippen molar-refractivity contribution in [3.63, 3.8) is 0 Å². The normalized spacial score (nSPS) is 12.2. The first-order valence-corrected chi connectivity index (χ1v) is 16.1. The smallest absolute Gasteiger partial charge is 0.124 e. The lowest BCUT2D eigenvalue weighted by molar-refractivity contribution is 1.18. The van der Waals surface area contributed by atoms with Crippen LogP contribution in [-0.2, 0) is 0 Å². The number of rotatable bonds is 2. The molecule has 0 atom stereocenters. The van der Waals surface area contributed by atoms with Crippen molar-refractivity contribution < 1.29 is 0 Å². The van der Waals surface area contributed by atoms with Crippen LogP contribution < -0.4 is 0 Å². The summed E-state index contributed by atoms with van der Waals surface area (Å²) in [7, 11) is 0. The van der Waals surface area contributed by atoms with Crippen LogP contribution in [0.2, 0.25) is 0 Å². The summed E-state index contributed by atoms with van der Waals surface area (Å²) in [4.78, 5) is 5.21. The van der Waals surface area contributed by atoms with Crippen molar-refractivity contribution in [3.8, 4) is 16.3 Å². The van der Waals surface area contributed by atoms with Gasteiger partial charge in [0.2, 0.25) is 0 Å². The summed E-state index contributed by atoms with van der Waals surface area (Å²) in [5, 5.41) is 11.2. The van der Waals surface area contributed by atoms with E-state index >= 15 is 0 Å². The highest BCUT2D eigenvalue weighted by Gasteiger charge is 2.17. The Kier molecular flexibility index (Phi) is 4.78. The van der Waals surface area contributed by atoms with Crippen LogP contribution in [0.4, 0.5) is 0 Å². The Morgan fingerprint density at radius 2 is 1.05 bits per heavy atom. The monoisotopic (exact) mass is 582 g/mol. The fourth-order valence-electron chi connectivity index (χ4n) is 6.74. The second kappa shape index (κ2) is 8.74. The summed E-state index contributed by atoms with van der Waals surface area (Å²) in [5.41, 5.74) is 5.86. The topological polar surface area (TPSA) is 17.8 Å². The predicted octanol–water partition coefficient (Wildman–Crippen LogP) is 11.7. The molecule has 0 saturated carbocycles. The van der Waals surface area contributed by atoms with Gasteiger partial charge in [0, 0.05) is 42.2 Å². The molecule has 0 unspecified atom stereocenters. The van der Waals surface area contributed by atoms with Gasteiger partial charge in [-0.2, -0.15) is 0 Å². The van der Waals surface area contributed by atoms with E-state index < -0.39 is 0 Å². The molecule has 0 aliphatic carbocycles. The third-order valence-electron chi connectivity index (χ3n) is 8.77. The molecule has 7 aromatic carbocycles. The summed E-state index contributed by atoms with van der Waals surface area (Å²) < 4.78 is 6.27. The Bertz CT molecular complexity index is 2630. The van der Waals surface area contributed by atoms with Crippen molar-refractivity contribution in [1.82, 2.24) is 9.55 Å². The van der Waals surface area contributed by atoms with Gasteiger partial charge in [0.25, 0.3) is 0 Å². The lowest BCUT2D eigenvalue weighted by Crippen LogP contribution is -1.94. The molecule has 0 aliphatic rings. The maximum Gasteiger partial charge on any atom is 0.124 e. The largest absolute Gasteiger partial charge is 0.309 e. The van der Waals surface area contributed by atoms with Crippen LogP contribution in [0.15, 0.2) is 133 Å².